The lowest BCUT2D eigenvalue weighted by Crippen LogP contribution is -2.33. The maximum Gasteiger partial charge on any atom is 0.344 e. The van der Waals surface area contributed by atoms with E-state index in [-0.39, 0.29) is 28.6 Å². The van der Waals surface area contributed by atoms with Crippen molar-refractivity contribution in [3.8, 4) is 28.7 Å². The first-order valence-corrected chi connectivity index (χ1v) is 13.7. The Kier molecular flexibility index (Phi) is 7.16. The molecule has 0 bridgehead atoms. The first kappa shape index (κ1) is 28.0. The SMILES string of the molecule is CCC(C)c1cc(C2C(C#N)=C(N)OC3=C2C(=O)CC(C)(C)C3)cc2cc(-c3ccc(OC)c(OC)c3)c(=O)oc12. The zero-order chi connectivity index (χ0) is 29.6. The number of allylic oxidation sites excluding steroid dienone is 3. The van der Waals surface area contributed by atoms with Gasteiger partial charge in [0.2, 0.25) is 5.88 Å². The molecule has 0 amide bonds. The van der Waals surface area contributed by atoms with Crippen molar-refractivity contribution in [2.45, 2.75) is 58.8 Å². The number of hydrogen-bond donors (Lipinski definition) is 1. The Bertz CT molecular complexity index is 1740. The van der Waals surface area contributed by atoms with E-state index in [1.54, 1.807) is 31.4 Å². The Labute approximate surface area is 239 Å². The Hall–Kier alpha value is -4.51. The summed E-state index contributed by atoms with van der Waals surface area (Å²) < 4.78 is 22.6. The van der Waals surface area contributed by atoms with Crippen molar-refractivity contribution in [1.29, 1.82) is 5.26 Å². The Morgan fingerprint density at radius 3 is 2.49 bits per heavy atom. The fourth-order valence-corrected chi connectivity index (χ4v) is 5.86. The molecule has 1 aliphatic heterocycles. The Balaban J connectivity index is 1.77. The number of nitrogens with zero attached hydrogens (tertiary/aromatic N) is 1. The van der Waals surface area contributed by atoms with Crippen LogP contribution in [0.3, 0.4) is 0 Å². The van der Waals surface area contributed by atoms with Gasteiger partial charge >= 0.3 is 5.63 Å². The number of rotatable bonds is 6. The molecule has 212 valence electrons. The third kappa shape index (κ3) is 4.86. The smallest absolute Gasteiger partial charge is 0.344 e. The van der Waals surface area contributed by atoms with Gasteiger partial charge in [-0.05, 0) is 58.7 Å². The zero-order valence-corrected chi connectivity index (χ0v) is 24.2. The number of carbonyl (C=O) groups excluding carboxylic acids is 1. The average molecular weight is 555 g/mol. The minimum atomic E-state index is -0.684. The van der Waals surface area contributed by atoms with Crippen LogP contribution < -0.4 is 20.8 Å². The maximum atomic E-state index is 13.5. The second-order valence-electron chi connectivity index (χ2n) is 11.6. The predicted octanol–water partition coefficient (Wildman–Crippen LogP) is 6.44. The van der Waals surface area contributed by atoms with Crippen molar-refractivity contribution in [1.82, 2.24) is 0 Å². The highest BCUT2D eigenvalue weighted by Crippen LogP contribution is 2.49. The van der Waals surface area contributed by atoms with Gasteiger partial charge in [0.25, 0.3) is 0 Å². The van der Waals surface area contributed by atoms with Crippen LogP contribution in [0.1, 0.15) is 69.9 Å². The van der Waals surface area contributed by atoms with E-state index in [0.29, 0.717) is 57.8 Å². The maximum absolute atomic E-state index is 13.5. The number of ketones is 1. The van der Waals surface area contributed by atoms with Crippen molar-refractivity contribution in [2.75, 3.05) is 14.2 Å². The Morgan fingerprint density at radius 1 is 1.10 bits per heavy atom. The average Bonchev–Trinajstić information content (AvgIpc) is 2.94. The van der Waals surface area contributed by atoms with Gasteiger partial charge in [0.15, 0.2) is 17.3 Å². The van der Waals surface area contributed by atoms with Gasteiger partial charge in [-0.2, -0.15) is 5.26 Å². The van der Waals surface area contributed by atoms with E-state index >= 15 is 0 Å². The number of ether oxygens (including phenoxy) is 3. The number of fused-ring (bicyclic) bond motifs is 1. The molecular formula is C33H34N2O6. The number of nitriles is 1. The van der Waals surface area contributed by atoms with E-state index in [1.807, 2.05) is 26.0 Å². The molecule has 41 heavy (non-hydrogen) atoms. The normalized spacial score (nSPS) is 19.0. The molecule has 8 heteroatoms. The third-order valence-corrected chi connectivity index (χ3v) is 8.13. The molecule has 1 aliphatic carbocycles. The lowest BCUT2D eigenvalue weighted by atomic mass is 9.70. The summed E-state index contributed by atoms with van der Waals surface area (Å²) in [5.74, 6) is 0.849. The summed E-state index contributed by atoms with van der Waals surface area (Å²) in [5.41, 5.74) is 9.16. The minimum absolute atomic E-state index is 0.0116. The van der Waals surface area contributed by atoms with Crippen molar-refractivity contribution >= 4 is 16.8 Å². The molecule has 2 heterocycles. The van der Waals surface area contributed by atoms with Gasteiger partial charge in [-0.15, -0.1) is 0 Å². The molecule has 2 aromatic carbocycles. The van der Waals surface area contributed by atoms with Crippen LogP contribution in [0.4, 0.5) is 0 Å². The zero-order valence-electron chi connectivity index (χ0n) is 24.2. The summed E-state index contributed by atoms with van der Waals surface area (Å²) in [6.07, 6.45) is 1.67. The molecule has 3 aromatic rings. The van der Waals surface area contributed by atoms with Crippen LogP contribution in [0.2, 0.25) is 0 Å². The van der Waals surface area contributed by atoms with Crippen molar-refractivity contribution < 1.29 is 23.4 Å². The molecule has 0 saturated heterocycles. The summed E-state index contributed by atoms with van der Waals surface area (Å²) >= 11 is 0. The van der Waals surface area contributed by atoms with Crippen LogP contribution in [0.5, 0.6) is 11.5 Å². The van der Waals surface area contributed by atoms with Crippen LogP contribution in [0.25, 0.3) is 22.1 Å². The highest BCUT2D eigenvalue weighted by atomic mass is 16.5. The third-order valence-electron chi connectivity index (χ3n) is 8.13. The van der Waals surface area contributed by atoms with Gasteiger partial charge < -0.3 is 24.4 Å². The van der Waals surface area contributed by atoms with E-state index in [9.17, 15) is 14.9 Å². The molecule has 2 aliphatic rings. The summed E-state index contributed by atoms with van der Waals surface area (Å²) in [6, 6.07) is 13.0. The van der Waals surface area contributed by atoms with Crippen LogP contribution in [0, 0.1) is 16.7 Å². The van der Waals surface area contributed by atoms with Gasteiger partial charge in [0.1, 0.15) is 23.0 Å². The molecule has 0 spiro atoms. The number of hydrogen-bond acceptors (Lipinski definition) is 8. The fraction of sp³-hybridized carbons (Fsp3) is 0.364. The molecule has 8 nitrogen and oxygen atoms in total. The fourth-order valence-electron chi connectivity index (χ4n) is 5.86. The van der Waals surface area contributed by atoms with Crippen LogP contribution >= 0.6 is 0 Å². The predicted molar refractivity (Wildman–Crippen MR) is 155 cm³/mol. The topological polar surface area (TPSA) is 125 Å². The number of methoxy groups -OCH3 is 2. The van der Waals surface area contributed by atoms with Gasteiger partial charge in [-0.3, -0.25) is 4.79 Å². The highest BCUT2D eigenvalue weighted by Gasteiger charge is 2.43. The molecule has 2 unspecified atom stereocenters. The van der Waals surface area contributed by atoms with Crippen molar-refractivity contribution in [3.63, 3.8) is 0 Å². The lowest BCUT2D eigenvalue weighted by molar-refractivity contribution is -0.119. The van der Waals surface area contributed by atoms with Gasteiger partial charge in [0.05, 0.1) is 25.7 Å². The standard InChI is InChI=1S/C33H34N2O6/c1-7-17(2)21-11-19(28-23(16-34)31(35)40-27-15-33(3,4)14-24(36)29(27)28)10-20-12-22(32(37)41-30(20)21)18-8-9-25(38-5)26(13-18)39-6/h8-13,17,28H,7,14-15,35H2,1-6H3. The highest BCUT2D eigenvalue weighted by molar-refractivity contribution is 6.00. The molecule has 1 aromatic heterocycles. The summed E-state index contributed by atoms with van der Waals surface area (Å²) in [4.78, 5) is 26.8. The van der Waals surface area contributed by atoms with Gasteiger partial charge in [0, 0.05) is 23.8 Å². The first-order chi connectivity index (χ1) is 19.5. The monoisotopic (exact) mass is 554 g/mol. The molecule has 2 atom stereocenters. The number of carbonyl (C=O) groups is 1. The number of Topliss-reactive ketones (excluding diaryl/α,β-unsaturated/α-hetero) is 1. The van der Waals surface area contributed by atoms with Gasteiger partial charge in [-0.25, -0.2) is 4.79 Å². The van der Waals surface area contributed by atoms with Crippen molar-refractivity contribution in [3.05, 3.63) is 80.7 Å². The van der Waals surface area contributed by atoms with E-state index < -0.39 is 11.5 Å². The molecule has 0 radical (unpaired) electrons. The summed E-state index contributed by atoms with van der Waals surface area (Å²) in [7, 11) is 3.08. The molecule has 2 N–H and O–H groups in total. The minimum Gasteiger partial charge on any atom is -0.493 e. The summed E-state index contributed by atoms with van der Waals surface area (Å²) in [5, 5.41) is 10.8. The quantitative estimate of drug-likeness (QED) is 0.345. The lowest BCUT2D eigenvalue weighted by Gasteiger charge is -2.37. The molecule has 5 rings (SSSR count). The van der Waals surface area contributed by atoms with E-state index in [2.05, 4.69) is 19.9 Å². The van der Waals surface area contributed by atoms with Crippen molar-refractivity contribution in [2.24, 2.45) is 11.1 Å². The number of benzene rings is 2. The first-order valence-electron chi connectivity index (χ1n) is 13.7. The Morgan fingerprint density at radius 2 is 1.83 bits per heavy atom. The van der Waals surface area contributed by atoms with Crippen LogP contribution in [-0.2, 0) is 9.53 Å². The second kappa shape index (κ2) is 10.5. The van der Waals surface area contributed by atoms with E-state index in [4.69, 9.17) is 24.4 Å². The second-order valence-corrected chi connectivity index (χ2v) is 11.6. The van der Waals surface area contributed by atoms with Gasteiger partial charge in [-0.1, -0.05) is 39.8 Å². The molecular weight excluding hydrogens is 520 g/mol. The van der Waals surface area contributed by atoms with E-state index in [0.717, 1.165) is 17.5 Å². The number of nitrogens with two attached hydrogens (primary N) is 1. The molecule has 0 saturated carbocycles. The van der Waals surface area contributed by atoms with E-state index in [1.165, 1.54) is 7.11 Å². The van der Waals surface area contributed by atoms with Crippen LogP contribution in [0.15, 0.2) is 68.4 Å². The summed E-state index contributed by atoms with van der Waals surface area (Å²) in [6.45, 7) is 8.14. The van der Waals surface area contributed by atoms with Crippen LogP contribution in [-0.4, -0.2) is 20.0 Å². The largest absolute Gasteiger partial charge is 0.493 e. The molecule has 0 fully saturated rings.